The maximum absolute atomic E-state index is 13.2. The summed E-state index contributed by atoms with van der Waals surface area (Å²) in [5.41, 5.74) is 0.643. The van der Waals surface area contributed by atoms with Gasteiger partial charge in [0.05, 0.1) is 4.92 Å². The molecule has 1 heterocycles. The van der Waals surface area contributed by atoms with Gasteiger partial charge < -0.3 is 5.11 Å². The Hall–Kier alpha value is -2.96. The molecule has 29 heavy (non-hydrogen) atoms. The highest BCUT2D eigenvalue weighted by atomic mass is 35.5. The van der Waals surface area contributed by atoms with Gasteiger partial charge in [-0.15, -0.1) is 0 Å². The van der Waals surface area contributed by atoms with E-state index in [0.717, 1.165) is 6.42 Å². The van der Waals surface area contributed by atoms with Crippen LogP contribution in [0.3, 0.4) is 0 Å². The SMILES string of the molecule is CC1C=C2C(=CC1)C(=O)N(Cc1ccc([N+](=O)[O-])cc1)C2(O)c1ccc(Cl)cc1. The lowest BCUT2D eigenvalue weighted by atomic mass is 9.85. The number of allylic oxidation sites excluding steroid dienone is 2. The van der Waals surface area contributed by atoms with Gasteiger partial charge >= 0.3 is 0 Å². The average molecular weight is 411 g/mol. The first kappa shape index (κ1) is 19.4. The standard InChI is InChI=1S/C22H19ClN2O4/c1-14-2-11-19-20(12-14)22(27,16-5-7-17(23)8-6-16)24(21(19)26)13-15-3-9-18(10-4-15)25(28)29/h3-12,14,27H,2,13H2,1H3. The number of hydrogen-bond acceptors (Lipinski definition) is 4. The first-order valence-corrected chi connectivity index (χ1v) is 9.65. The third kappa shape index (κ3) is 3.24. The van der Waals surface area contributed by atoms with Gasteiger partial charge in [0.1, 0.15) is 0 Å². The van der Waals surface area contributed by atoms with E-state index in [1.54, 1.807) is 36.4 Å². The molecule has 2 aliphatic rings. The maximum Gasteiger partial charge on any atom is 0.269 e. The molecule has 1 saturated heterocycles. The first-order valence-electron chi connectivity index (χ1n) is 9.27. The van der Waals surface area contributed by atoms with Crippen LogP contribution < -0.4 is 0 Å². The molecule has 2 aromatic rings. The Kier molecular flexibility index (Phi) is 4.76. The zero-order chi connectivity index (χ0) is 20.8. The van der Waals surface area contributed by atoms with Crippen molar-refractivity contribution in [2.24, 2.45) is 5.92 Å². The summed E-state index contributed by atoms with van der Waals surface area (Å²) in [7, 11) is 0. The number of nitro groups is 1. The van der Waals surface area contributed by atoms with E-state index in [-0.39, 0.29) is 24.1 Å². The molecule has 0 bridgehead atoms. The van der Waals surface area contributed by atoms with Gasteiger partial charge in [0.25, 0.3) is 11.6 Å². The topological polar surface area (TPSA) is 83.7 Å². The minimum atomic E-state index is -1.63. The first-order chi connectivity index (χ1) is 13.8. The number of carbonyl (C=O) groups excluding carboxylic acids is 1. The van der Waals surface area contributed by atoms with Crippen molar-refractivity contribution in [2.75, 3.05) is 0 Å². The van der Waals surface area contributed by atoms with Crippen molar-refractivity contribution in [3.63, 3.8) is 0 Å². The number of carbonyl (C=O) groups is 1. The summed E-state index contributed by atoms with van der Waals surface area (Å²) in [6, 6.07) is 12.8. The molecule has 1 N–H and O–H groups in total. The van der Waals surface area contributed by atoms with Gasteiger partial charge in [0.2, 0.25) is 0 Å². The Morgan fingerprint density at radius 2 is 1.86 bits per heavy atom. The van der Waals surface area contributed by atoms with Crippen molar-refractivity contribution in [3.8, 4) is 0 Å². The highest BCUT2D eigenvalue weighted by Gasteiger charge is 2.52. The van der Waals surface area contributed by atoms with Crippen molar-refractivity contribution in [2.45, 2.75) is 25.6 Å². The number of aliphatic hydroxyl groups is 1. The minimum absolute atomic E-state index is 0.0256. The molecule has 2 atom stereocenters. The Labute approximate surface area is 172 Å². The lowest BCUT2D eigenvalue weighted by Crippen LogP contribution is -2.43. The number of non-ortho nitro benzene ring substituents is 1. The van der Waals surface area contributed by atoms with Crippen LogP contribution in [-0.2, 0) is 17.1 Å². The van der Waals surface area contributed by atoms with Gasteiger partial charge in [0.15, 0.2) is 5.72 Å². The van der Waals surface area contributed by atoms with Crippen molar-refractivity contribution in [1.82, 2.24) is 4.90 Å². The fourth-order valence-corrected chi connectivity index (χ4v) is 4.01. The largest absolute Gasteiger partial charge is 0.363 e. The fraction of sp³-hybridized carbons (Fsp3) is 0.227. The normalized spacial score (nSPS) is 23.5. The number of likely N-dealkylation sites (tertiary alicyclic amines) is 1. The summed E-state index contributed by atoms with van der Waals surface area (Å²) < 4.78 is 0. The Bertz CT molecular complexity index is 1040. The molecule has 0 saturated carbocycles. The van der Waals surface area contributed by atoms with Gasteiger partial charge in [-0.05, 0) is 30.0 Å². The van der Waals surface area contributed by atoms with Gasteiger partial charge in [-0.2, -0.15) is 0 Å². The lowest BCUT2D eigenvalue weighted by molar-refractivity contribution is -0.384. The highest BCUT2D eigenvalue weighted by Crippen LogP contribution is 2.48. The molecular weight excluding hydrogens is 392 g/mol. The monoisotopic (exact) mass is 410 g/mol. The fourth-order valence-electron chi connectivity index (χ4n) is 3.89. The van der Waals surface area contributed by atoms with Crippen LogP contribution >= 0.6 is 11.6 Å². The number of halogens is 1. The number of hydrogen-bond donors (Lipinski definition) is 1. The van der Waals surface area contributed by atoms with E-state index < -0.39 is 10.6 Å². The van der Waals surface area contributed by atoms with E-state index in [0.29, 0.717) is 27.3 Å². The van der Waals surface area contributed by atoms with Crippen molar-refractivity contribution >= 4 is 23.2 Å². The number of rotatable bonds is 4. The van der Waals surface area contributed by atoms with Crippen LogP contribution in [0.5, 0.6) is 0 Å². The lowest BCUT2D eigenvalue weighted by Gasteiger charge is -2.35. The van der Waals surface area contributed by atoms with Crippen LogP contribution in [0.2, 0.25) is 5.02 Å². The molecule has 2 aromatic carbocycles. The molecule has 1 amide bonds. The predicted octanol–water partition coefficient (Wildman–Crippen LogP) is 4.33. The molecule has 6 nitrogen and oxygen atoms in total. The van der Waals surface area contributed by atoms with Gasteiger partial charge in [0, 0.05) is 40.4 Å². The van der Waals surface area contributed by atoms with Crippen LogP contribution in [0, 0.1) is 16.0 Å². The van der Waals surface area contributed by atoms with Gasteiger partial charge in [-0.3, -0.25) is 19.8 Å². The van der Waals surface area contributed by atoms with Crippen LogP contribution in [0.25, 0.3) is 0 Å². The number of nitro benzene ring substituents is 1. The summed E-state index contributed by atoms with van der Waals surface area (Å²) in [6.07, 6.45) is 4.55. The van der Waals surface area contributed by atoms with Gasteiger partial charge in [-0.1, -0.05) is 54.9 Å². The van der Waals surface area contributed by atoms with E-state index in [9.17, 15) is 20.0 Å². The maximum atomic E-state index is 13.2. The third-order valence-electron chi connectivity index (χ3n) is 5.41. The quantitative estimate of drug-likeness (QED) is 0.600. The molecule has 4 rings (SSSR count). The molecule has 7 heteroatoms. The van der Waals surface area contributed by atoms with E-state index in [1.165, 1.54) is 17.0 Å². The summed E-state index contributed by atoms with van der Waals surface area (Å²) in [6.45, 7) is 2.14. The van der Waals surface area contributed by atoms with Crippen molar-refractivity contribution < 1.29 is 14.8 Å². The predicted molar refractivity (Wildman–Crippen MR) is 109 cm³/mol. The Morgan fingerprint density at radius 1 is 1.21 bits per heavy atom. The molecule has 1 aliphatic heterocycles. The summed E-state index contributed by atoms with van der Waals surface area (Å²) in [5, 5.41) is 23.3. The Balaban J connectivity index is 1.79. The number of fused-ring (bicyclic) bond motifs is 1. The molecule has 0 radical (unpaired) electrons. The average Bonchev–Trinajstić information content (AvgIpc) is 2.91. The Morgan fingerprint density at radius 3 is 2.48 bits per heavy atom. The van der Waals surface area contributed by atoms with E-state index in [2.05, 4.69) is 0 Å². The van der Waals surface area contributed by atoms with Crippen LogP contribution in [-0.4, -0.2) is 20.8 Å². The van der Waals surface area contributed by atoms with E-state index >= 15 is 0 Å². The highest BCUT2D eigenvalue weighted by molar-refractivity contribution is 6.30. The van der Waals surface area contributed by atoms with Crippen LogP contribution in [0.4, 0.5) is 5.69 Å². The third-order valence-corrected chi connectivity index (χ3v) is 5.66. The zero-order valence-electron chi connectivity index (χ0n) is 15.7. The summed E-state index contributed by atoms with van der Waals surface area (Å²) in [5.74, 6) is -0.0707. The molecule has 1 aliphatic carbocycles. The second-order valence-corrected chi connectivity index (χ2v) is 7.84. The van der Waals surface area contributed by atoms with Gasteiger partial charge in [-0.25, -0.2) is 0 Å². The van der Waals surface area contributed by atoms with Crippen molar-refractivity contribution in [3.05, 3.63) is 98.1 Å². The molecule has 0 aromatic heterocycles. The summed E-state index contributed by atoms with van der Waals surface area (Å²) >= 11 is 6.02. The van der Waals surface area contributed by atoms with E-state index in [1.807, 2.05) is 19.1 Å². The molecule has 148 valence electrons. The molecule has 1 fully saturated rings. The molecule has 2 unspecified atom stereocenters. The van der Waals surface area contributed by atoms with Crippen molar-refractivity contribution in [1.29, 1.82) is 0 Å². The molecular formula is C22H19ClN2O4. The molecule has 0 spiro atoms. The van der Waals surface area contributed by atoms with E-state index in [4.69, 9.17) is 11.6 Å². The second kappa shape index (κ2) is 7.13. The smallest absolute Gasteiger partial charge is 0.269 e. The van der Waals surface area contributed by atoms with Crippen LogP contribution in [0.15, 0.2) is 71.8 Å². The number of amides is 1. The number of benzene rings is 2. The zero-order valence-corrected chi connectivity index (χ0v) is 16.5. The number of nitrogens with zero attached hydrogens (tertiary/aromatic N) is 2. The minimum Gasteiger partial charge on any atom is -0.363 e. The summed E-state index contributed by atoms with van der Waals surface area (Å²) in [4.78, 5) is 25.0. The second-order valence-electron chi connectivity index (χ2n) is 7.41. The van der Waals surface area contributed by atoms with Crippen LogP contribution in [0.1, 0.15) is 24.5 Å².